The quantitative estimate of drug-likeness (QED) is 0.501. The lowest BCUT2D eigenvalue weighted by Gasteiger charge is -2.17. The van der Waals surface area contributed by atoms with Gasteiger partial charge >= 0.3 is 0 Å². The molecule has 10 nitrogen and oxygen atoms in total. The van der Waals surface area contributed by atoms with Gasteiger partial charge in [-0.1, -0.05) is 0 Å². The molecule has 1 aliphatic heterocycles. The van der Waals surface area contributed by atoms with Crippen LogP contribution < -0.4 is 10.9 Å². The van der Waals surface area contributed by atoms with Crippen LogP contribution >= 0.6 is 0 Å². The van der Waals surface area contributed by atoms with Gasteiger partial charge in [0.15, 0.2) is 17.4 Å². The van der Waals surface area contributed by atoms with Crippen molar-refractivity contribution in [2.24, 2.45) is 7.05 Å². The van der Waals surface area contributed by atoms with E-state index < -0.39 is 31.1 Å². The molecule has 0 amide bonds. The lowest BCUT2D eigenvalue weighted by Crippen LogP contribution is -2.33. The van der Waals surface area contributed by atoms with E-state index in [9.17, 15) is 15.0 Å². The van der Waals surface area contributed by atoms with E-state index in [2.05, 4.69) is 15.3 Å². The monoisotopic (exact) mass is 311 g/mol. The summed E-state index contributed by atoms with van der Waals surface area (Å²) in [5.41, 5.74) is 0.00127. The molecular formula is C12H17N5O5. The molecule has 1 saturated heterocycles. The van der Waals surface area contributed by atoms with Crippen molar-refractivity contribution in [2.75, 3.05) is 19.0 Å². The number of hydrogen-bond acceptors (Lipinski definition) is 8. The van der Waals surface area contributed by atoms with E-state index in [0.717, 1.165) is 0 Å². The van der Waals surface area contributed by atoms with Gasteiger partial charge in [-0.3, -0.25) is 13.9 Å². The summed E-state index contributed by atoms with van der Waals surface area (Å²) in [7, 11) is 3.19. The first-order valence-electron chi connectivity index (χ1n) is 6.73. The number of aliphatic hydroxyl groups excluding tert-OH is 3. The van der Waals surface area contributed by atoms with Crippen molar-refractivity contribution < 1.29 is 20.1 Å². The highest BCUT2D eigenvalue weighted by atomic mass is 16.6. The molecular weight excluding hydrogens is 294 g/mol. The molecule has 22 heavy (non-hydrogen) atoms. The zero-order chi connectivity index (χ0) is 16.0. The number of aromatic nitrogens is 4. The topological polar surface area (TPSA) is 135 Å². The number of rotatable bonds is 3. The van der Waals surface area contributed by atoms with Gasteiger partial charge < -0.3 is 25.4 Å². The number of fused-ring (bicyclic) bond motifs is 1. The minimum atomic E-state index is -1.27. The van der Waals surface area contributed by atoms with Crippen molar-refractivity contribution in [1.82, 2.24) is 19.1 Å². The van der Waals surface area contributed by atoms with Gasteiger partial charge in [0.1, 0.15) is 18.3 Å². The van der Waals surface area contributed by atoms with Crippen LogP contribution in [0.2, 0.25) is 0 Å². The van der Waals surface area contributed by atoms with Crippen LogP contribution in [0.4, 0.5) is 5.95 Å². The Bertz CT molecular complexity index is 756. The van der Waals surface area contributed by atoms with Crippen LogP contribution in [-0.4, -0.2) is 66.4 Å². The smallest absolute Gasteiger partial charge is 0.282 e. The summed E-state index contributed by atoms with van der Waals surface area (Å²) in [5.74, 6) is 0.325. The average Bonchev–Trinajstić information content (AvgIpc) is 3.05. The first-order chi connectivity index (χ1) is 10.5. The van der Waals surface area contributed by atoms with Gasteiger partial charge in [0, 0.05) is 14.1 Å². The Balaban J connectivity index is 2.13. The summed E-state index contributed by atoms with van der Waals surface area (Å²) < 4.78 is 8.13. The molecule has 10 heteroatoms. The molecule has 4 N–H and O–H groups in total. The van der Waals surface area contributed by atoms with Crippen molar-refractivity contribution >= 4 is 17.1 Å². The summed E-state index contributed by atoms with van der Waals surface area (Å²) in [6.07, 6.45) is -3.07. The number of hydrogen-bond donors (Lipinski definition) is 4. The van der Waals surface area contributed by atoms with Gasteiger partial charge in [0.2, 0.25) is 5.95 Å². The summed E-state index contributed by atoms with van der Waals surface area (Å²) >= 11 is 0. The first kappa shape index (κ1) is 14.9. The highest BCUT2D eigenvalue weighted by molar-refractivity contribution is 5.71. The van der Waals surface area contributed by atoms with Gasteiger partial charge in [0.25, 0.3) is 5.56 Å². The fourth-order valence-electron chi connectivity index (χ4n) is 2.57. The largest absolute Gasteiger partial charge is 0.394 e. The normalized spacial score (nSPS) is 28.4. The second kappa shape index (κ2) is 5.32. The predicted octanol–water partition coefficient (Wildman–Crippen LogP) is -2.22. The molecule has 1 fully saturated rings. The third-order valence-electron chi connectivity index (χ3n) is 3.82. The maximum atomic E-state index is 12.2. The van der Waals surface area contributed by atoms with E-state index in [0.29, 0.717) is 5.95 Å². The lowest BCUT2D eigenvalue weighted by molar-refractivity contribution is -0.0511. The lowest BCUT2D eigenvalue weighted by atomic mass is 10.1. The molecule has 120 valence electrons. The maximum absolute atomic E-state index is 12.2. The molecule has 0 aromatic carbocycles. The van der Waals surface area contributed by atoms with Crippen LogP contribution in [0.3, 0.4) is 0 Å². The van der Waals surface area contributed by atoms with E-state index in [1.807, 2.05) is 0 Å². The summed E-state index contributed by atoms with van der Waals surface area (Å²) in [6.45, 7) is -0.432. The van der Waals surface area contributed by atoms with Gasteiger partial charge in [-0.05, 0) is 0 Å². The molecule has 1 aliphatic rings. The van der Waals surface area contributed by atoms with Crippen molar-refractivity contribution in [1.29, 1.82) is 0 Å². The molecule has 0 bridgehead atoms. The number of aliphatic hydroxyl groups is 3. The van der Waals surface area contributed by atoms with Crippen LogP contribution in [0.5, 0.6) is 0 Å². The third-order valence-corrected chi connectivity index (χ3v) is 3.82. The van der Waals surface area contributed by atoms with Crippen molar-refractivity contribution in [3.05, 3.63) is 16.7 Å². The molecule has 3 heterocycles. The Kier molecular flexibility index (Phi) is 3.60. The van der Waals surface area contributed by atoms with Crippen LogP contribution in [0.25, 0.3) is 11.2 Å². The Labute approximate surface area is 124 Å². The highest BCUT2D eigenvalue weighted by Crippen LogP contribution is 2.30. The number of imidazole rings is 1. The molecule has 4 atom stereocenters. The minimum absolute atomic E-state index is 0.124. The zero-order valence-electron chi connectivity index (χ0n) is 12.0. The number of nitrogens with zero attached hydrogens (tertiary/aromatic N) is 4. The number of ether oxygens (including phenoxy) is 1. The summed E-state index contributed by atoms with van der Waals surface area (Å²) in [5, 5.41) is 31.8. The SMILES string of the molecule is CNc1nc2c(ncn2[C@@H]2O[C@H](CO)[C@@H](O)[C@H]2O)c(=O)n1C. The van der Waals surface area contributed by atoms with E-state index >= 15 is 0 Å². The molecule has 0 radical (unpaired) electrons. The molecule has 2 aromatic rings. The zero-order valence-corrected chi connectivity index (χ0v) is 12.0. The Morgan fingerprint density at radius 3 is 2.73 bits per heavy atom. The Morgan fingerprint density at radius 2 is 2.14 bits per heavy atom. The molecule has 0 saturated carbocycles. The van der Waals surface area contributed by atoms with Crippen LogP contribution in [0, 0.1) is 0 Å². The molecule has 0 aliphatic carbocycles. The highest BCUT2D eigenvalue weighted by Gasteiger charge is 2.44. The second-order valence-electron chi connectivity index (χ2n) is 5.10. The fourth-order valence-corrected chi connectivity index (χ4v) is 2.57. The third kappa shape index (κ3) is 2.00. The molecule has 0 unspecified atom stereocenters. The molecule has 3 rings (SSSR count). The van der Waals surface area contributed by atoms with Gasteiger partial charge in [-0.2, -0.15) is 4.98 Å². The average molecular weight is 311 g/mol. The second-order valence-corrected chi connectivity index (χ2v) is 5.10. The van der Waals surface area contributed by atoms with Gasteiger partial charge in [-0.15, -0.1) is 0 Å². The van der Waals surface area contributed by atoms with E-state index in [4.69, 9.17) is 9.84 Å². The molecule has 2 aromatic heterocycles. The minimum Gasteiger partial charge on any atom is -0.394 e. The Hall–Kier alpha value is -2.01. The van der Waals surface area contributed by atoms with E-state index in [1.54, 1.807) is 14.1 Å². The first-order valence-corrected chi connectivity index (χ1v) is 6.73. The summed E-state index contributed by atoms with van der Waals surface area (Å²) in [6, 6.07) is 0. The summed E-state index contributed by atoms with van der Waals surface area (Å²) in [4.78, 5) is 20.5. The van der Waals surface area contributed by atoms with Gasteiger partial charge in [0.05, 0.1) is 12.9 Å². The van der Waals surface area contributed by atoms with E-state index in [1.165, 1.54) is 15.5 Å². The number of anilines is 1. The van der Waals surface area contributed by atoms with Crippen LogP contribution in [-0.2, 0) is 11.8 Å². The standard InChI is InChI=1S/C12H17N5O5/c1-13-12-15-9-6(10(21)16(12)2)14-4-17(9)11-8(20)7(19)5(3-18)22-11/h4-5,7-8,11,18-20H,3H2,1-2H3,(H,13,15)/t5-,7-,8-,11-/m1/s1. The Morgan fingerprint density at radius 1 is 1.41 bits per heavy atom. The van der Waals surface area contributed by atoms with Crippen molar-refractivity contribution in [3.8, 4) is 0 Å². The van der Waals surface area contributed by atoms with Crippen LogP contribution in [0.15, 0.2) is 11.1 Å². The van der Waals surface area contributed by atoms with Crippen LogP contribution in [0.1, 0.15) is 6.23 Å². The molecule has 0 spiro atoms. The number of nitrogens with one attached hydrogen (secondary N) is 1. The predicted molar refractivity (Wildman–Crippen MR) is 75.3 cm³/mol. The van der Waals surface area contributed by atoms with Gasteiger partial charge in [-0.25, -0.2) is 4.98 Å². The van der Waals surface area contributed by atoms with E-state index in [-0.39, 0.29) is 16.7 Å². The fraction of sp³-hybridized carbons (Fsp3) is 0.583. The van der Waals surface area contributed by atoms with Crippen molar-refractivity contribution in [2.45, 2.75) is 24.5 Å². The maximum Gasteiger partial charge on any atom is 0.282 e. The van der Waals surface area contributed by atoms with Crippen molar-refractivity contribution in [3.63, 3.8) is 0 Å².